The Morgan fingerprint density at radius 2 is 2.16 bits per heavy atom. The Morgan fingerprint density at radius 1 is 1.21 bits per heavy atom. The molecule has 0 N–H and O–H groups in total. The third-order valence-electron chi connectivity index (χ3n) is 3.29. The fraction of sp³-hybridized carbons (Fsp3) is 0.0625. The molecule has 1 aliphatic carbocycles. The van der Waals surface area contributed by atoms with Gasteiger partial charge in [-0.3, -0.25) is 4.98 Å². The van der Waals surface area contributed by atoms with Crippen LogP contribution in [0.2, 0.25) is 0 Å². The molecule has 1 aliphatic heterocycles. The fourth-order valence-corrected chi connectivity index (χ4v) is 3.59. The van der Waals surface area contributed by atoms with Crippen molar-refractivity contribution in [3.8, 4) is 5.75 Å². The lowest BCUT2D eigenvalue weighted by molar-refractivity contribution is 0.476. The predicted octanol–water partition coefficient (Wildman–Crippen LogP) is 2.23. The number of thiophene rings is 1. The maximum absolute atomic E-state index is 5.68. The van der Waals surface area contributed by atoms with Crippen LogP contribution in [-0.4, -0.2) is 4.98 Å². The summed E-state index contributed by atoms with van der Waals surface area (Å²) in [7, 11) is 0. The van der Waals surface area contributed by atoms with Gasteiger partial charge in [-0.25, -0.2) is 0 Å². The van der Waals surface area contributed by atoms with Crippen molar-refractivity contribution in [2.24, 2.45) is 0 Å². The molecule has 2 nitrogen and oxygen atoms in total. The van der Waals surface area contributed by atoms with E-state index in [0.717, 1.165) is 16.7 Å². The molecule has 0 atom stereocenters. The molecule has 4 rings (SSSR count). The first kappa shape index (κ1) is 10.8. The van der Waals surface area contributed by atoms with Crippen molar-refractivity contribution in [2.75, 3.05) is 0 Å². The lowest BCUT2D eigenvalue weighted by atomic mass is 10.2. The maximum atomic E-state index is 5.68. The zero-order valence-electron chi connectivity index (χ0n) is 10.4. The molecule has 0 spiro atoms. The van der Waals surface area contributed by atoms with Crippen molar-refractivity contribution in [2.45, 2.75) is 6.92 Å². The molecule has 2 aromatic heterocycles. The lowest BCUT2D eigenvalue weighted by Crippen LogP contribution is -2.04. The van der Waals surface area contributed by atoms with Crippen LogP contribution >= 0.6 is 11.3 Å². The Balaban J connectivity index is 2.31. The van der Waals surface area contributed by atoms with Crippen LogP contribution in [0.4, 0.5) is 0 Å². The van der Waals surface area contributed by atoms with E-state index in [1.165, 1.54) is 19.8 Å². The van der Waals surface area contributed by atoms with Crippen molar-refractivity contribution < 1.29 is 4.74 Å². The summed E-state index contributed by atoms with van der Waals surface area (Å²) in [6.45, 7) is 2.02. The van der Waals surface area contributed by atoms with Gasteiger partial charge in [-0.2, -0.15) is 0 Å². The molecule has 0 bridgehead atoms. The number of aromatic nitrogens is 1. The molecule has 0 radical (unpaired) electrons. The number of allylic oxidation sites excluding steroid dienone is 2. The van der Waals surface area contributed by atoms with Gasteiger partial charge in [0.1, 0.15) is 0 Å². The molecule has 0 amide bonds. The summed E-state index contributed by atoms with van der Waals surface area (Å²) in [5.41, 5.74) is 2.20. The van der Waals surface area contributed by atoms with Gasteiger partial charge >= 0.3 is 0 Å². The molecule has 0 fully saturated rings. The second-order valence-corrected chi connectivity index (χ2v) is 5.64. The normalized spacial score (nSPS) is 14.4. The summed E-state index contributed by atoms with van der Waals surface area (Å²) in [4.78, 5) is 4.38. The minimum absolute atomic E-state index is 0.967. The van der Waals surface area contributed by atoms with E-state index in [0.29, 0.717) is 0 Å². The number of hydrogen-bond donors (Lipinski definition) is 0. The van der Waals surface area contributed by atoms with Crippen molar-refractivity contribution in [1.82, 2.24) is 4.98 Å². The number of ether oxygens (including phenoxy) is 1. The van der Waals surface area contributed by atoms with Crippen LogP contribution in [0, 0.1) is 16.7 Å². The Morgan fingerprint density at radius 3 is 3.11 bits per heavy atom. The summed E-state index contributed by atoms with van der Waals surface area (Å²) in [5.74, 6) is 0.967. The third-order valence-corrected chi connectivity index (χ3v) is 4.48. The van der Waals surface area contributed by atoms with E-state index in [-0.39, 0.29) is 0 Å². The fourth-order valence-electron chi connectivity index (χ4n) is 2.41. The third kappa shape index (κ3) is 1.59. The number of aryl methyl sites for hydroxylation is 1. The summed E-state index contributed by atoms with van der Waals surface area (Å²) in [6, 6.07) is 2.15. The van der Waals surface area contributed by atoms with Crippen LogP contribution in [0.15, 0.2) is 30.7 Å². The van der Waals surface area contributed by atoms with E-state index in [1.807, 2.05) is 19.2 Å². The molecule has 0 saturated carbocycles. The van der Waals surface area contributed by atoms with E-state index < -0.39 is 0 Å². The first-order chi connectivity index (χ1) is 9.33. The molecule has 92 valence electrons. The molecule has 3 heteroatoms. The molecule has 0 unspecified atom stereocenters. The number of nitrogens with zero attached hydrogens (tertiary/aromatic N) is 1. The number of hydrogen-bond acceptors (Lipinski definition) is 3. The van der Waals surface area contributed by atoms with E-state index in [9.17, 15) is 0 Å². The van der Waals surface area contributed by atoms with E-state index in [1.54, 1.807) is 17.6 Å². The summed E-state index contributed by atoms with van der Waals surface area (Å²) >= 11 is 1.77. The molecule has 19 heavy (non-hydrogen) atoms. The summed E-state index contributed by atoms with van der Waals surface area (Å²) in [5, 5.41) is 2.40. The molecule has 2 aliphatic rings. The van der Waals surface area contributed by atoms with E-state index in [2.05, 4.69) is 35.4 Å². The monoisotopic (exact) mass is 265 g/mol. The first-order valence-corrected chi connectivity index (χ1v) is 6.96. The first-order valence-electron chi connectivity index (χ1n) is 6.15. The topological polar surface area (TPSA) is 22.1 Å². The Kier molecular flexibility index (Phi) is 2.23. The zero-order valence-corrected chi connectivity index (χ0v) is 11.2. The van der Waals surface area contributed by atoms with Gasteiger partial charge in [-0.15, -0.1) is 11.3 Å². The number of fused-ring (bicyclic) bond motifs is 4. The van der Waals surface area contributed by atoms with Gasteiger partial charge < -0.3 is 4.74 Å². The Bertz CT molecular complexity index is 948. The van der Waals surface area contributed by atoms with Gasteiger partial charge in [0, 0.05) is 32.4 Å². The molecular weight excluding hydrogens is 254 g/mol. The van der Waals surface area contributed by atoms with E-state index >= 15 is 0 Å². The van der Waals surface area contributed by atoms with Crippen LogP contribution in [0.25, 0.3) is 18.2 Å². The highest BCUT2D eigenvalue weighted by Gasteiger charge is 2.12. The van der Waals surface area contributed by atoms with Gasteiger partial charge in [0.15, 0.2) is 5.75 Å². The second kappa shape index (κ2) is 3.93. The molecule has 3 heterocycles. The van der Waals surface area contributed by atoms with Crippen LogP contribution in [0.5, 0.6) is 5.75 Å². The summed E-state index contributed by atoms with van der Waals surface area (Å²) < 4.78 is 8.12. The van der Waals surface area contributed by atoms with Crippen molar-refractivity contribution in [1.29, 1.82) is 0 Å². The minimum atomic E-state index is 0.967. The maximum Gasteiger partial charge on any atom is 0.152 e. The number of rotatable bonds is 0. The van der Waals surface area contributed by atoms with Crippen molar-refractivity contribution >= 4 is 29.6 Å². The van der Waals surface area contributed by atoms with Crippen molar-refractivity contribution in [3.05, 3.63) is 61.4 Å². The average Bonchev–Trinajstić information content (AvgIpc) is 2.70. The molecule has 0 saturated heterocycles. The van der Waals surface area contributed by atoms with E-state index in [4.69, 9.17) is 4.74 Å². The lowest BCUT2D eigenvalue weighted by Gasteiger charge is -2.01. The van der Waals surface area contributed by atoms with Gasteiger partial charge in [0.25, 0.3) is 0 Å². The summed E-state index contributed by atoms with van der Waals surface area (Å²) in [6.07, 6.45) is 14.0. The van der Waals surface area contributed by atoms with Gasteiger partial charge in [0.05, 0.1) is 10.8 Å². The minimum Gasteiger partial charge on any atom is -0.463 e. The van der Waals surface area contributed by atoms with Crippen LogP contribution < -0.4 is 14.5 Å². The number of pyridine rings is 1. The van der Waals surface area contributed by atoms with Crippen LogP contribution in [0.1, 0.15) is 11.3 Å². The van der Waals surface area contributed by atoms with Gasteiger partial charge in [0.2, 0.25) is 0 Å². The second-order valence-electron chi connectivity index (χ2n) is 4.59. The van der Waals surface area contributed by atoms with Gasteiger partial charge in [-0.05, 0) is 31.2 Å². The predicted molar refractivity (Wildman–Crippen MR) is 77.9 cm³/mol. The van der Waals surface area contributed by atoms with Crippen LogP contribution in [0.3, 0.4) is 0 Å². The zero-order chi connectivity index (χ0) is 12.8. The molecular formula is C16H11NOS. The molecule has 2 aromatic rings. The molecule has 0 aromatic carbocycles. The highest BCUT2D eigenvalue weighted by molar-refractivity contribution is 7.08. The highest BCUT2D eigenvalue weighted by Crippen LogP contribution is 2.25. The average molecular weight is 265 g/mol. The smallest absolute Gasteiger partial charge is 0.152 e. The Hall–Kier alpha value is -2.13. The Labute approximate surface area is 114 Å². The van der Waals surface area contributed by atoms with Crippen LogP contribution in [-0.2, 0) is 0 Å². The van der Waals surface area contributed by atoms with Gasteiger partial charge in [-0.1, -0.05) is 12.2 Å². The standard InChI is InChI=1S/C16H11NOS/c1-10-8-13-11(9-17-10)4-2-5-12-15-14(19-16(12)13)6-3-7-18-15/h2-9H,1H3. The quantitative estimate of drug-likeness (QED) is 0.729. The highest BCUT2D eigenvalue weighted by atomic mass is 32.1. The largest absolute Gasteiger partial charge is 0.463 e. The SMILES string of the molecule is Cc1cc2c(cn1)=CC=Cc1c3c(sc1=2)=CC=CO3. The van der Waals surface area contributed by atoms with Crippen molar-refractivity contribution in [3.63, 3.8) is 0 Å².